The molecule has 1 atom stereocenters. The highest BCUT2D eigenvalue weighted by Crippen LogP contribution is 2.48. The average molecular weight is 472 g/mol. The Hall–Kier alpha value is -3.07. The first-order valence-electron chi connectivity index (χ1n) is 10.9. The Labute approximate surface area is 196 Å². The number of rotatable bonds is 7. The highest BCUT2D eigenvalue weighted by atomic mass is 32.2. The lowest BCUT2D eigenvalue weighted by Gasteiger charge is -2.28. The van der Waals surface area contributed by atoms with Crippen LogP contribution in [0.2, 0.25) is 0 Å². The van der Waals surface area contributed by atoms with Gasteiger partial charge < -0.3 is 15.2 Å². The second-order valence-corrected chi connectivity index (χ2v) is 9.10. The minimum absolute atomic E-state index is 0.0326. The maximum Gasteiger partial charge on any atom is 0.255 e. The van der Waals surface area contributed by atoms with Crippen LogP contribution in [0.25, 0.3) is 0 Å². The van der Waals surface area contributed by atoms with Gasteiger partial charge in [0.1, 0.15) is 16.2 Å². The van der Waals surface area contributed by atoms with Gasteiger partial charge in [-0.15, -0.1) is 0 Å². The molecule has 0 saturated heterocycles. The van der Waals surface area contributed by atoms with Crippen LogP contribution in [-0.4, -0.2) is 35.6 Å². The number of hydrazone groups is 1. The van der Waals surface area contributed by atoms with E-state index in [-0.39, 0.29) is 24.2 Å². The van der Waals surface area contributed by atoms with E-state index in [0.717, 1.165) is 37.7 Å². The molecule has 2 aromatic carbocycles. The van der Waals surface area contributed by atoms with Gasteiger partial charge in [0.15, 0.2) is 18.1 Å². The van der Waals surface area contributed by atoms with Crippen LogP contribution in [0.1, 0.15) is 48.6 Å². The van der Waals surface area contributed by atoms with Crippen LogP contribution in [0.15, 0.2) is 47.6 Å². The summed E-state index contributed by atoms with van der Waals surface area (Å²) in [6, 6.07) is 11.3. The average Bonchev–Trinajstić information content (AvgIpc) is 3.28. The molecule has 1 unspecified atom stereocenters. The molecule has 2 amide bonds. The molecule has 33 heavy (non-hydrogen) atoms. The summed E-state index contributed by atoms with van der Waals surface area (Å²) in [4.78, 5) is 24.7. The van der Waals surface area contributed by atoms with E-state index >= 15 is 0 Å². The Kier molecular flexibility index (Phi) is 7.17. The van der Waals surface area contributed by atoms with Crippen molar-refractivity contribution in [1.29, 1.82) is 0 Å². The van der Waals surface area contributed by atoms with Gasteiger partial charge in [-0.3, -0.25) is 9.59 Å². The van der Waals surface area contributed by atoms with E-state index in [1.807, 2.05) is 6.07 Å². The molecular weight excluding hydrogens is 445 g/mol. The van der Waals surface area contributed by atoms with Crippen LogP contribution in [0.4, 0.5) is 4.39 Å². The molecular formula is C24H26FN3O4S. The molecule has 0 bridgehead atoms. The number of hydrogen-bond donors (Lipinski definition) is 1. The summed E-state index contributed by atoms with van der Waals surface area (Å²) in [6.45, 7) is -0.292. The van der Waals surface area contributed by atoms with Gasteiger partial charge in [-0.05, 0) is 43.2 Å². The largest absolute Gasteiger partial charge is 0.492 e. The number of benzene rings is 2. The van der Waals surface area contributed by atoms with Crippen LogP contribution in [0, 0.1) is 11.7 Å². The number of thioether (sulfide) groups is 1. The van der Waals surface area contributed by atoms with Crippen molar-refractivity contribution in [2.45, 2.75) is 37.5 Å². The number of para-hydroxylation sites is 1. The van der Waals surface area contributed by atoms with Crippen molar-refractivity contribution >= 4 is 28.6 Å². The normalized spacial score (nSPS) is 18.7. The van der Waals surface area contributed by atoms with Gasteiger partial charge in [-0.1, -0.05) is 43.2 Å². The first-order chi connectivity index (χ1) is 16.0. The smallest absolute Gasteiger partial charge is 0.255 e. The van der Waals surface area contributed by atoms with Crippen molar-refractivity contribution in [3.8, 4) is 11.5 Å². The summed E-state index contributed by atoms with van der Waals surface area (Å²) in [5, 5.41) is 6.32. The summed E-state index contributed by atoms with van der Waals surface area (Å²) in [6.07, 6.45) is 4.87. The van der Waals surface area contributed by atoms with Crippen LogP contribution in [0.3, 0.4) is 0 Å². The van der Waals surface area contributed by atoms with E-state index in [2.05, 4.69) is 5.10 Å². The molecule has 174 valence electrons. The van der Waals surface area contributed by atoms with Gasteiger partial charge in [0.05, 0.1) is 7.11 Å². The molecule has 1 heterocycles. The molecule has 4 rings (SSSR count). The second-order valence-electron chi connectivity index (χ2n) is 8.03. The van der Waals surface area contributed by atoms with Gasteiger partial charge in [0.2, 0.25) is 5.91 Å². The van der Waals surface area contributed by atoms with Crippen molar-refractivity contribution in [3.63, 3.8) is 0 Å². The Morgan fingerprint density at radius 2 is 1.88 bits per heavy atom. The molecule has 2 N–H and O–H groups in total. The van der Waals surface area contributed by atoms with E-state index < -0.39 is 11.3 Å². The zero-order valence-electron chi connectivity index (χ0n) is 18.3. The minimum atomic E-state index is -0.603. The molecule has 0 spiro atoms. The third-order valence-corrected chi connectivity index (χ3v) is 6.98. The summed E-state index contributed by atoms with van der Waals surface area (Å²) < 4.78 is 24.6. The highest BCUT2D eigenvalue weighted by Gasteiger charge is 2.39. The van der Waals surface area contributed by atoms with Gasteiger partial charge in [0, 0.05) is 17.0 Å². The van der Waals surface area contributed by atoms with E-state index in [9.17, 15) is 14.0 Å². The Morgan fingerprint density at radius 1 is 1.15 bits per heavy atom. The fourth-order valence-electron chi connectivity index (χ4n) is 4.15. The minimum Gasteiger partial charge on any atom is -0.492 e. The molecule has 1 fully saturated rings. The van der Waals surface area contributed by atoms with Crippen molar-refractivity contribution in [2.75, 3.05) is 13.7 Å². The SMILES string of the molecule is COc1c(OCC(N)=O)cccc1C1SC(c2ccc(F)cc2)=NN1C(=O)C1CCCCC1. The van der Waals surface area contributed by atoms with E-state index in [0.29, 0.717) is 22.1 Å². The summed E-state index contributed by atoms with van der Waals surface area (Å²) in [7, 11) is 1.50. The third kappa shape index (κ3) is 5.13. The van der Waals surface area contributed by atoms with Crippen molar-refractivity contribution in [1.82, 2.24) is 5.01 Å². The summed E-state index contributed by atoms with van der Waals surface area (Å²) >= 11 is 1.39. The molecule has 1 aliphatic heterocycles. The molecule has 1 aliphatic carbocycles. The number of ether oxygens (including phenoxy) is 2. The zero-order valence-corrected chi connectivity index (χ0v) is 19.1. The van der Waals surface area contributed by atoms with Gasteiger partial charge in [-0.2, -0.15) is 5.10 Å². The monoisotopic (exact) mass is 471 g/mol. The third-order valence-electron chi connectivity index (χ3n) is 5.76. The quantitative estimate of drug-likeness (QED) is 0.653. The van der Waals surface area contributed by atoms with Crippen LogP contribution >= 0.6 is 11.8 Å². The van der Waals surface area contributed by atoms with Crippen LogP contribution in [-0.2, 0) is 9.59 Å². The molecule has 0 radical (unpaired) electrons. The fraction of sp³-hybridized carbons (Fsp3) is 0.375. The molecule has 2 aromatic rings. The summed E-state index contributed by atoms with van der Waals surface area (Å²) in [5.74, 6) is -0.292. The number of hydrogen-bond acceptors (Lipinski definition) is 6. The number of primary amides is 1. The number of nitrogens with two attached hydrogens (primary N) is 1. The first-order valence-corrected chi connectivity index (χ1v) is 11.8. The van der Waals surface area contributed by atoms with Gasteiger partial charge in [0.25, 0.3) is 5.91 Å². The van der Waals surface area contributed by atoms with Crippen molar-refractivity contribution < 1.29 is 23.5 Å². The fourth-order valence-corrected chi connectivity index (χ4v) is 5.33. The Morgan fingerprint density at radius 3 is 2.55 bits per heavy atom. The lowest BCUT2D eigenvalue weighted by atomic mass is 9.88. The molecule has 7 nitrogen and oxygen atoms in total. The maximum atomic E-state index is 13.5. The zero-order chi connectivity index (χ0) is 23.4. The molecule has 0 aromatic heterocycles. The lowest BCUT2D eigenvalue weighted by molar-refractivity contribution is -0.137. The van der Waals surface area contributed by atoms with Crippen LogP contribution in [0.5, 0.6) is 11.5 Å². The predicted octanol–water partition coefficient (Wildman–Crippen LogP) is 4.21. The second kappa shape index (κ2) is 10.2. The van der Waals surface area contributed by atoms with Crippen molar-refractivity contribution in [2.24, 2.45) is 16.8 Å². The number of carbonyl (C=O) groups excluding carboxylic acids is 2. The van der Waals surface area contributed by atoms with Gasteiger partial charge >= 0.3 is 0 Å². The number of methoxy groups -OCH3 is 1. The molecule has 1 saturated carbocycles. The Balaban J connectivity index is 1.70. The standard InChI is InChI=1S/C24H26FN3O4S/c1-31-21-18(8-5-9-19(21)32-14-20(26)29)24-28(23(30)16-6-3-2-4-7-16)27-22(33-24)15-10-12-17(25)13-11-15/h5,8-13,16,24H,2-4,6-7,14H2,1H3,(H2,26,29). The molecule has 9 heteroatoms. The number of nitrogens with zero attached hydrogens (tertiary/aromatic N) is 2. The van der Waals surface area contributed by atoms with Crippen molar-refractivity contribution in [3.05, 3.63) is 59.4 Å². The number of halogens is 1. The highest BCUT2D eigenvalue weighted by molar-refractivity contribution is 8.14. The van der Waals surface area contributed by atoms with Crippen LogP contribution < -0.4 is 15.2 Å². The number of carbonyl (C=O) groups is 2. The maximum absolute atomic E-state index is 13.5. The lowest BCUT2D eigenvalue weighted by Crippen LogP contribution is -2.33. The predicted molar refractivity (Wildman–Crippen MR) is 124 cm³/mol. The number of amides is 2. The first kappa shape index (κ1) is 23.1. The van der Waals surface area contributed by atoms with E-state index in [1.165, 1.54) is 36.0 Å². The Bertz CT molecular complexity index is 1050. The summed E-state index contributed by atoms with van der Waals surface area (Å²) in [5.41, 5.74) is 6.64. The van der Waals surface area contributed by atoms with Gasteiger partial charge in [-0.25, -0.2) is 9.40 Å². The molecule has 2 aliphatic rings. The van der Waals surface area contributed by atoms with E-state index in [1.54, 1.807) is 24.3 Å². The van der Waals surface area contributed by atoms with E-state index in [4.69, 9.17) is 15.2 Å². The topological polar surface area (TPSA) is 94.2 Å².